The number of thioether (sulfide) groups is 1. The Kier molecular flexibility index (Phi) is 4.01. The molecule has 2 aromatic heterocycles. The number of thiocarbonyl (C=S) groups is 1. The number of carbonyl (C=O) groups is 1. The summed E-state index contributed by atoms with van der Waals surface area (Å²) in [7, 11) is 0. The topological polar surface area (TPSA) is 59.8 Å². The minimum atomic E-state index is -0.167. The van der Waals surface area contributed by atoms with E-state index in [0.717, 1.165) is 21.4 Å². The number of carbonyl (C=O) groups excluding carboxylic acids is 1. The molecule has 5 nitrogen and oxygen atoms in total. The lowest BCUT2D eigenvalue weighted by Crippen LogP contribution is -2.17. The minimum absolute atomic E-state index is 0.167. The first-order valence-electron chi connectivity index (χ1n) is 7.02. The highest BCUT2D eigenvalue weighted by molar-refractivity contribution is 8.26. The highest BCUT2D eigenvalue weighted by Gasteiger charge is 2.22. The van der Waals surface area contributed by atoms with Crippen LogP contribution in [0, 0.1) is 0 Å². The molecule has 1 aliphatic heterocycles. The molecule has 0 bridgehead atoms. The zero-order chi connectivity index (χ0) is 16.5. The summed E-state index contributed by atoms with van der Waals surface area (Å²) in [6.07, 6.45) is 3.71. The summed E-state index contributed by atoms with van der Waals surface area (Å²) in [4.78, 5) is 12.4. The van der Waals surface area contributed by atoms with Gasteiger partial charge >= 0.3 is 0 Å². The molecule has 0 saturated carbocycles. The first-order chi connectivity index (χ1) is 11.7. The Labute approximate surface area is 151 Å². The Balaban J connectivity index is 1.69. The van der Waals surface area contributed by atoms with Crippen molar-refractivity contribution in [3.8, 4) is 15.7 Å². The molecule has 0 unspecified atom stereocenters. The Morgan fingerprint density at radius 2 is 1.96 bits per heavy atom. The molecule has 3 aromatic rings. The maximum Gasteiger partial charge on any atom is 0.263 e. The van der Waals surface area contributed by atoms with Gasteiger partial charge in [0.1, 0.15) is 9.33 Å². The highest BCUT2D eigenvalue weighted by Crippen LogP contribution is 2.29. The third-order valence-electron chi connectivity index (χ3n) is 3.34. The standard InChI is InChI=1S/C16H10N4OS3/c21-13-12(23-16(22)17-13)9-11-7-4-8-20(11)15-19-18-14(24-15)10-5-2-1-3-6-10/h1-9H,(H,17,21,22)/b12-9-. The second-order valence-electron chi connectivity index (χ2n) is 4.91. The summed E-state index contributed by atoms with van der Waals surface area (Å²) in [5.41, 5.74) is 1.89. The average molecular weight is 370 g/mol. The van der Waals surface area contributed by atoms with Gasteiger partial charge in [0.2, 0.25) is 5.13 Å². The average Bonchev–Trinajstić information content (AvgIpc) is 3.29. The van der Waals surface area contributed by atoms with E-state index in [1.54, 1.807) is 0 Å². The molecule has 0 radical (unpaired) electrons. The lowest BCUT2D eigenvalue weighted by molar-refractivity contribution is -0.115. The largest absolute Gasteiger partial charge is 0.307 e. The van der Waals surface area contributed by atoms with E-state index >= 15 is 0 Å². The molecule has 1 amide bonds. The molecule has 1 aromatic carbocycles. The smallest absolute Gasteiger partial charge is 0.263 e. The summed E-state index contributed by atoms with van der Waals surface area (Å²) in [5, 5.41) is 12.8. The van der Waals surface area contributed by atoms with Crippen LogP contribution in [0.3, 0.4) is 0 Å². The second-order valence-corrected chi connectivity index (χ2v) is 7.59. The number of aromatic nitrogens is 3. The third kappa shape index (κ3) is 2.91. The fraction of sp³-hybridized carbons (Fsp3) is 0. The molecule has 3 heterocycles. The number of rotatable bonds is 3. The summed E-state index contributed by atoms with van der Waals surface area (Å²) in [5.74, 6) is -0.167. The number of amides is 1. The van der Waals surface area contributed by atoms with Gasteiger partial charge in [0.05, 0.1) is 4.91 Å². The molecule has 24 heavy (non-hydrogen) atoms. The van der Waals surface area contributed by atoms with Gasteiger partial charge in [-0.25, -0.2) is 0 Å². The van der Waals surface area contributed by atoms with Gasteiger partial charge in [-0.1, -0.05) is 65.6 Å². The Bertz CT molecular complexity index is 959. The summed E-state index contributed by atoms with van der Waals surface area (Å²) in [6.45, 7) is 0. The van der Waals surface area contributed by atoms with Gasteiger partial charge < -0.3 is 5.32 Å². The highest BCUT2D eigenvalue weighted by atomic mass is 32.2. The molecule has 1 N–H and O–H groups in total. The van der Waals surface area contributed by atoms with Crippen molar-refractivity contribution in [2.45, 2.75) is 0 Å². The van der Waals surface area contributed by atoms with E-state index in [4.69, 9.17) is 12.2 Å². The van der Waals surface area contributed by atoms with Gasteiger partial charge in [0.25, 0.3) is 5.91 Å². The van der Waals surface area contributed by atoms with Crippen LogP contribution in [0.15, 0.2) is 53.6 Å². The van der Waals surface area contributed by atoms with Crippen LogP contribution in [-0.2, 0) is 4.79 Å². The fourth-order valence-electron chi connectivity index (χ4n) is 2.25. The molecule has 1 aliphatic rings. The molecule has 8 heteroatoms. The van der Waals surface area contributed by atoms with Crippen LogP contribution >= 0.6 is 35.3 Å². The predicted octanol–water partition coefficient (Wildman–Crippen LogP) is 3.48. The first kappa shape index (κ1) is 15.3. The van der Waals surface area contributed by atoms with E-state index in [0.29, 0.717) is 9.23 Å². The van der Waals surface area contributed by atoms with E-state index in [1.807, 2.05) is 59.3 Å². The fourth-order valence-corrected chi connectivity index (χ4v) is 4.14. The molecule has 118 valence electrons. The van der Waals surface area contributed by atoms with E-state index in [2.05, 4.69) is 15.5 Å². The Hall–Kier alpha value is -2.29. The maximum atomic E-state index is 11.8. The van der Waals surface area contributed by atoms with Crippen LogP contribution in [-0.4, -0.2) is 25.0 Å². The van der Waals surface area contributed by atoms with Crippen molar-refractivity contribution in [2.24, 2.45) is 0 Å². The van der Waals surface area contributed by atoms with Gasteiger partial charge in [-0.05, 0) is 18.2 Å². The Morgan fingerprint density at radius 1 is 1.12 bits per heavy atom. The Morgan fingerprint density at radius 3 is 2.71 bits per heavy atom. The predicted molar refractivity (Wildman–Crippen MR) is 101 cm³/mol. The van der Waals surface area contributed by atoms with Crippen molar-refractivity contribution < 1.29 is 4.79 Å². The van der Waals surface area contributed by atoms with Crippen LogP contribution in [0.4, 0.5) is 0 Å². The van der Waals surface area contributed by atoms with Gasteiger partial charge in [-0.15, -0.1) is 10.2 Å². The minimum Gasteiger partial charge on any atom is -0.307 e. The summed E-state index contributed by atoms with van der Waals surface area (Å²) in [6, 6.07) is 13.8. The molecular weight excluding hydrogens is 360 g/mol. The van der Waals surface area contributed by atoms with Crippen LogP contribution in [0.25, 0.3) is 21.8 Å². The van der Waals surface area contributed by atoms with Crippen molar-refractivity contribution in [1.29, 1.82) is 0 Å². The van der Waals surface area contributed by atoms with Crippen molar-refractivity contribution in [1.82, 2.24) is 20.1 Å². The zero-order valence-electron chi connectivity index (χ0n) is 12.2. The maximum absolute atomic E-state index is 11.8. The molecule has 1 fully saturated rings. The van der Waals surface area contributed by atoms with Crippen LogP contribution < -0.4 is 5.32 Å². The van der Waals surface area contributed by atoms with Gasteiger partial charge in [0.15, 0.2) is 0 Å². The van der Waals surface area contributed by atoms with Crippen molar-refractivity contribution in [3.63, 3.8) is 0 Å². The quantitative estimate of drug-likeness (QED) is 0.565. The van der Waals surface area contributed by atoms with Crippen LogP contribution in [0.2, 0.25) is 0 Å². The summed E-state index contributed by atoms with van der Waals surface area (Å²) >= 11 is 7.77. The molecule has 1 saturated heterocycles. The van der Waals surface area contributed by atoms with Gasteiger partial charge in [-0.2, -0.15) is 0 Å². The van der Waals surface area contributed by atoms with E-state index in [1.165, 1.54) is 23.1 Å². The van der Waals surface area contributed by atoms with Gasteiger partial charge in [-0.3, -0.25) is 9.36 Å². The SMILES string of the molecule is O=C1NC(=S)S/C1=C\c1cccn1-c1nnc(-c2ccccc2)s1. The molecular formula is C16H10N4OS3. The molecule has 0 atom stereocenters. The number of nitrogens with one attached hydrogen (secondary N) is 1. The van der Waals surface area contributed by atoms with Gasteiger partial charge in [0, 0.05) is 17.5 Å². The zero-order valence-corrected chi connectivity index (χ0v) is 14.6. The van der Waals surface area contributed by atoms with E-state index in [9.17, 15) is 4.79 Å². The van der Waals surface area contributed by atoms with E-state index < -0.39 is 0 Å². The first-order valence-corrected chi connectivity index (χ1v) is 9.06. The van der Waals surface area contributed by atoms with Crippen molar-refractivity contribution in [3.05, 3.63) is 59.3 Å². The monoisotopic (exact) mass is 370 g/mol. The lowest BCUT2D eigenvalue weighted by atomic mass is 10.2. The van der Waals surface area contributed by atoms with Crippen molar-refractivity contribution >= 4 is 51.6 Å². The van der Waals surface area contributed by atoms with E-state index in [-0.39, 0.29) is 5.91 Å². The molecule has 0 aliphatic carbocycles. The summed E-state index contributed by atoms with van der Waals surface area (Å²) < 4.78 is 2.39. The van der Waals surface area contributed by atoms with Crippen LogP contribution in [0.1, 0.15) is 5.69 Å². The number of nitrogens with zero attached hydrogens (tertiary/aromatic N) is 3. The lowest BCUT2D eigenvalue weighted by Gasteiger charge is -2.01. The normalized spacial score (nSPS) is 15.9. The number of benzene rings is 1. The molecule has 4 rings (SSSR count). The number of hydrogen-bond donors (Lipinski definition) is 1. The van der Waals surface area contributed by atoms with Crippen LogP contribution in [0.5, 0.6) is 0 Å². The third-order valence-corrected chi connectivity index (χ3v) is 5.48. The van der Waals surface area contributed by atoms with Crippen molar-refractivity contribution in [2.75, 3.05) is 0 Å². The second kappa shape index (κ2) is 6.31. The number of hydrogen-bond acceptors (Lipinski definition) is 6. The molecule has 0 spiro atoms.